The molecule has 1 aliphatic rings. The third kappa shape index (κ3) is 2.10. The average Bonchev–Trinajstić information content (AvgIpc) is 2.78. The van der Waals surface area contributed by atoms with Gasteiger partial charge in [0, 0.05) is 15.9 Å². The van der Waals surface area contributed by atoms with E-state index >= 15 is 0 Å². The van der Waals surface area contributed by atoms with E-state index in [4.69, 9.17) is 9.15 Å². The molecule has 0 fully saturated rings. The summed E-state index contributed by atoms with van der Waals surface area (Å²) in [4.78, 5) is 15.2. The number of ether oxygens (including phenoxy) is 1. The summed E-state index contributed by atoms with van der Waals surface area (Å²) in [6, 6.07) is 5.66. The summed E-state index contributed by atoms with van der Waals surface area (Å²) < 4.78 is 12.2. The molecule has 0 unspecified atom stereocenters. The highest BCUT2D eigenvalue weighted by molar-refractivity contribution is 9.10. The van der Waals surface area contributed by atoms with E-state index < -0.39 is 0 Å². The SMILES string of the molecule is C/C=C/C1=Nc2c(oc3ccc(Br)cc23)/C(=C/C=O)O1. The van der Waals surface area contributed by atoms with Crippen molar-refractivity contribution < 1.29 is 13.9 Å². The zero-order valence-electron chi connectivity index (χ0n) is 10.6. The van der Waals surface area contributed by atoms with Gasteiger partial charge < -0.3 is 9.15 Å². The maximum absolute atomic E-state index is 10.8. The topological polar surface area (TPSA) is 51.8 Å². The van der Waals surface area contributed by atoms with E-state index in [1.165, 1.54) is 6.08 Å². The highest BCUT2D eigenvalue weighted by atomic mass is 79.9. The second-order valence-electron chi connectivity index (χ2n) is 4.14. The van der Waals surface area contributed by atoms with Crippen LogP contribution in [-0.4, -0.2) is 12.2 Å². The second-order valence-corrected chi connectivity index (χ2v) is 5.06. The minimum Gasteiger partial charge on any atom is -0.450 e. The third-order valence-electron chi connectivity index (χ3n) is 2.81. The number of nitrogens with zero attached hydrogens (tertiary/aromatic N) is 1. The number of halogens is 1. The van der Waals surface area contributed by atoms with E-state index in [-0.39, 0.29) is 0 Å². The molecule has 1 aromatic heterocycles. The largest absolute Gasteiger partial charge is 0.450 e. The fourth-order valence-corrected chi connectivity index (χ4v) is 2.37. The molecule has 20 heavy (non-hydrogen) atoms. The monoisotopic (exact) mass is 331 g/mol. The molecular weight excluding hydrogens is 322 g/mol. The number of furan rings is 1. The van der Waals surface area contributed by atoms with Crippen LogP contribution in [0.15, 0.2) is 50.3 Å². The second kappa shape index (κ2) is 5.09. The van der Waals surface area contributed by atoms with E-state index in [2.05, 4.69) is 20.9 Å². The standard InChI is InChI=1S/C15H10BrNO3/c1-2-3-13-17-14-10-8-9(16)4-5-11(10)20-15(14)12(19-13)6-7-18/h2-8H,1H3/b3-2+,12-6-. The van der Waals surface area contributed by atoms with Gasteiger partial charge in [-0.05, 0) is 31.2 Å². The Labute approximate surface area is 123 Å². The van der Waals surface area contributed by atoms with Crippen LogP contribution >= 0.6 is 15.9 Å². The molecule has 2 aromatic rings. The Hall–Kier alpha value is -2.14. The van der Waals surface area contributed by atoms with Crippen LogP contribution in [0, 0.1) is 0 Å². The number of aliphatic imine (C=N–C) groups is 1. The van der Waals surface area contributed by atoms with Gasteiger partial charge in [-0.25, -0.2) is 4.99 Å². The fourth-order valence-electron chi connectivity index (χ4n) is 2.01. The van der Waals surface area contributed by atoms with E-state index in [0.717, 1.165) is 9.86 Å². The molecule has 1 aromatic carbocycles. The summed E-state index contributed by atoms with van der Waals surface area (Å²) in [7, 11) is 0. The number of hydrogen-bond donors (Lipinski definition) is 0. The summed E-state index contributed by atoms with van der Waals surface area (Å²) in [5.74, 6) is 1.26. The van der Waals surface area contributed by atoms with Crippen LogP contribution in [0.4, 0.5) is 5.69 Å². The number of fused-ring (bicyclic) bond motifs is 3. The highest BCUT2D eigenvalue weighted by Crippen LogP contribution is 2.41. The minimum absolute atomic E-state index is 0.366. The van der Waals surface area contributed by atoms with Crippen LogP contribution < -0.4 is 0 Å². The van der Waals surface area contributed by atoms with E-state index in [1.54, 1.807) is 6.08 Å². The molecule has 0 bridgehead atoms. The Morgan fingerprint density at radius 1 is 1.35 bits per heavy atom. The lowest BCUT2D eigenvalue weighted by atomic mass is 10.2. The molecule has 0 N–H and O–H groups in total. The van der Waals surface area contributed by atoms with Crippen molar-refractivity contribution in [3.63, 3.8) is 0 Å². The average molecular weight is 332 g/mol. The van der Waals surface area contributed by atoms with Gasteiger partial charge in [0.1, 0.15) is 17.6 Å². The third-order valence-corrected chi connectivity index (χ3v) is 3.31. The molecule has 0 saturated heterocycles. The van der Waals surface area contributed by atoms with Gasteiger partial charge in [-0.15, -0.1) is 0 Å². The minimum atomic E-state index is 0.366. The Kier molecular flexibility index (Phi) is 3.28. The molecule has 3 rings (SSSR count). The number of hydrogen-bond acceptors (Lipinski definition) is 4. The molecule has 5 heteroatoms. The molecule has 0 saturated carbocycles. The van der Waals surface area contributed by atoms with Gasteiger partial charge in [-0.1, -0.05) is 22.0 Å². The van der Waals surface area contributed by atoms with Gasteiger partial charge in [-0.2, -0.15) is 0 Å². The maximum Gasteiger partial charge on any atom is 0.219 e. The molecular formula is C15H10BrNO3. The zero-order valence-corrected chi connectivity index (χ0v) is 12.2. The number of benzene rings is 1. The summed E-state index contributed by atoms with van der Waals surface area (Å²) in [5, 5.41) is 0.872. The number of aldehydes is 1. The lowest BCUT2D eigenvalue weighted by Gasteiger charge is -2.12. The summed E-state index contributed by atoms with van der Waals surface area (Å²) in [5.41, 5.74) is 1.37. The van der Waals surface area contributed by atoms with Gasteiger partial charge in [-0.3, -0.25) is 4.79 Å². The van der Waals surface area contributed by atoms with E-state index in [0.29, 0.717) is 35.0 Å². The molecule has 0 spiro atoms. The zero-order chi connectivity index (χ0) is 14.1. The normalized spacial score (nSPS) is 16.3. The quantitative estimate of drug-likeness (QED) is 0.606. The van der Waals surface area contributed by atoms with Gasteiger partial charge in [0.05, 0.1) is 0 Å². The smallest absolute Gasteiger partial charge is 0.219 e. The van der Waals surface area contributed by atoms with Crippen LogP contribution in [0.1, 0.15) is 12.7 Å². The molecule has 4 nitrogen and oxygen atoms in total. The van der Waals surface area contributed by atoms with Gasteiger partial charge in [0.2, 0.25) is 5.90 Å². The Morgan fingerprint density at radius 3 is 2.95 bits per heavy atom. The first-order valence-corrected chi connectivity index (χ1v) is 6.79. The lowest BCUT2D eigenvalue weighted by molar-refractivity contribution is -0.104. The highest BCUT2D eigenvalue weighted by Gasteiger charge is 2.24. The molecule has 0 aliphatic carbocycles. The summed E-state index contributed by atoms with van der Waals surface area (Å²) >= 11 is 3.43. The fraction of sp³-hybridized carbons (Fsp3) is 0.0667. The number of carbonyl (C=O) groups is 1. The van der Waals surface area contributed by atoms with Crippen molar-refractivity contribution in [2.75, 3.05) is 0 Å². The predicted octanol–water partition coefficient (Wildman–Crippen LogP) is 4.37. The summed E-state index contributed by atoms with van der Waals surface area (Å²) in [6.45, 7) is 1.87. The van der Waals surface area contributed by atoms with Crippen molar-refractivity contribution in [3.05, 3.63) is 46.7 Å². The van der Waals surface area contributed by atoms with Crippen LogP contribution in [0.25, 0.3) is 16.7 Å². The Bertz CT molecular complexity index is 784. The molecule has 0 atom stereocenters. The molecule has 100 valence electrons. The molecule has 2 heterocycles. The van der Waals surface area contributed by atoms with Crippen molar-refractivity contribution in [2.45, 2.75) is 6.92 Å². The number of allylic oxidation sites excluding steroid dienone is 2. The Balaban J connectivity index is 2.31. The first kappa shape index (κ1) is 12.9. The predicted molar refractivity (Wildman–Crippen MR) is 80.9 cm³/mol. The van der Waals surface area contributed by atoms with Crippen molar-refractivity contribution in [1.82, 2.24) is 0 Å². The molecule has 0 amide bonds. The van der Waals surface area contributed by atoms with Crippen LogP contribution in [0.3, 0.4) is 0 Å². The van der Waals surface area contributed by atoms with Gasteiger partial charge in [0.15, 0.2) is 11.5 Å². The van der Waals surface area contributed by atoms with Crippen molar-refractivity contribution >= 4 is 50.5 Å². The Morgan fingerprint density at radius 2 is 2.20 bits per heavy atom. The van der Waals surface area contributed by atoms with Gasteiger partial charge >= 0.3 is 0 Å². The van der Waals surface area contributed by atoms with Crippen molar-refractivity contribution in [2.24, 2.45) is 4.99 Å². The first-order valence-electron chi connectivity index (χ1n) is 6.00. The van der Waals surface area contributed by atoms with Crippen molar-refractivity contribution in [3.8, 4) is 0 Å². The summed E-state index contributed by atoms with van der Waals surface area (Å²) in [6.07, 6.45) is 5.55. The van der Waals surface area contributed by atoms with E-state index in [9.17, 15) is 4.79 Å². The van der Waals surface area contributed by atoms with Crippen molar-refractivity contribution in [1.29, 1.82) is 0 Å². The number of carbonyl (C=O) groups excluding carboxylic acids is 1. The lowest BCUT2D eigenvalue weighted by Crippen LogP contribution is -2.05. The van der Waals surface area contributed by atoms with Crippen LogP contribution in [0.2, 0.25) is 0 Å². The maximum atomic E-state index is 10.8. The first-order chi connectivity index (χ1) is 9.72. The van der Waals surface area contributed by atoms with Gasteiger partial charge in [0.25, 0.3) is 0 Å². The van der Waals surface area contributed by atoms with Crippen LogP contribution in [0.5, 0.6) is 0 Å². The molecule has 1 aliphatic heterocycles. The van der Waals surface area contributed by atoms with E-state index in [1.807, 2.05) is 31.2 Å². The molecule has 0 radical (unpaired) electrons. The number of rotatable bonds is 2. The van der Waals surface area contributed by atoms with Crippen LogP contribution in [-0.2, 0) is 9.53 Å².